The van der Waals surface area contributed by atoms with Crippen molar-refractivity contribution in [1.29, 1.82) is 0 Å². The topological polar surface area (TPSA) is 91.6 Å². The maximum Gasteiger partial charge on any atom is 0.349 e. The molecule has 0 radical (unpaired) electrons. The number of hydrogen-bond acceptors (Lipinski definition) is 5. The van der Waals surface area contributed by atoms with Crippen LogP contribution in [0.25, 0.3) is 5.69 Å². The highest BCUT2D eigenvalue weighted by molar-refractivity contribution is 5.49. The molecular formula is C16H18N6O. The highest BCUT2D eigenvalue weighted by atomic mass is 16.1. The van der Waals surface area contributed by atoms with Crippen molar-refractivity contribution in [2.75, 3.05) is 5.73 Å². The highest BCUT2D eigenvalue weighted by Crippen LogP contribution is 2.14. The molecule has 2 aromatic heterocycles. The Morgan fingerprint density at radius 3 is 2.61 bits per heavy atom. The van der Waals surface area contributed by atoms with Gasteiger partial charge in [-0.15, -0.1) is 5.10 Å². The number of nitrogens with zero attached hydrogens (tertiary/aromatic N) is 5. The lowest BCUT2D eigenvalue weighted by atomic mass is 10.1. The van der Waals surface area contributed by atoms with Crippen molar-refractivity contribution < 1.29 is 0 Å². The summed E-state index contributed by atoms with van der Waals surface area (Å²) in [5.74, 6) is 0.142. The third-order valence-electron chi connectivity index (χ3n) is 3.53. The van der Waals surface area contributed by atoms with Crippen molar-refractivity contribution in [2.24, 2.45) is 0 Å². The van der Waals surface area contributed by atoms with Gasteiger partial charge in [-0.2, -0.15) is 4.98 Å². The first-order chi connectivity index (χ1) is 11.0. The van der Waals surface area contributed by atoms with Gasteiger partial charge in [0.05, 0.1) is 11.9 Å². The van der Waals surface area contributed by atoms with Crippen LogP contribution in [0.3, 0.4) is 0 Å². The first kappa shape index (κ1) is 15.0. The molecule has 0 unspecified atom stereocenters. The predicted molar refractivity (Wildman–Crippen MR) is 87.5 cm³/mol. The minimum atomic E-state index is -0.370. The van der Waals surface area contributed by atoms with E-state index < -0.39 is 0 Å². The van der Waals surface area contributed by atoms with E-state index in [2.05, 4.69) is 15.3 Å². The maximum atomic E-state index is 11.8. The molecule has 0 fully saturated rings. The first-order valence-electron chi connectivity index (χ1n) is 7.39. The van der Waals surface area contributed by atoms with Crippen molar-refractivity contribution in [3.63, 3.8) is 0 Å². The van der Waals surface area contributed by atoms with Gasteiger partial charge in [0.15, 0.2) is 5.82 Å². The third-order valence-corrected chi connectivity index (χ3v) is 3.53. The summed E-state index contributed by atoms with van der Waals surface area (Å²) in [4.78, 5) is 15.7. The SMILES string of the molecule is CC(C)n1cc(-n2cc(Cc3ccccc3)nn2)c(N)nc1=O. The van der Waals surface area contributed by atoms with E-state index in [1.165, 1.54) is 4.57 Å². The van der Waals surface area contributed by atoms with Crippen LogP contribution in [-0.2, 0) is 6.42 Å². The minimum Gasteiger partial charge on any atom is -0.382 e. The molecule has 0 aliphatic rings. The molecule has 0 aliphatic heterocycles. The largest absolute Gasteiger partial charge is 0.382 e. The average Bonchev–Trinajstić information content (AvgIpc) is 2.96. The van der Waals surface area contributed by atoms with Gasteiger partial charge in [0.25, 0.3) is 0 Å². The van der Waals surface area contributed by atoms with Crippen molar-refractivity contribution in [2.45, 2.75) is 26.3 Å². The number of nitrogen functional groups attached to an aromatic ring is 1. The van der Waals surface area contributed by atoms with Crippen molar-refractivity contribution in [3.05, 3.63) is 64.5 Å². The Bertz CT molecular complexity index is 866. The van der Waals surface area contributed by atoms with Crippen LogP contribution in [0, 0.1) is 0 Å². The van der Waals surface area contributed by atoms with Crippen LogP contribution in [0.2, 0.25) is 0 Å². The fourth-order valence-electron chi connectivity index (χ4n) is 2.32. The molecule has 2 heterocycles. The Morgan fingerprint density at radius 1 is 1.17 bits per heavy atom. The average molecular weight is 310 g/mol. The first-order valence-corrected chi connectivity index (χ1v) is 7.39. The molecule has 3 rings (SSSR count). The predicted octanol–water partition coefficient (Wildman–Crippen LogP) is 1.58. The van der Waals surface area contributed by atoms with E-state index in [0.717, 1.165) is 11.3 Å². The number of anilines is 1. The molecule has 0 spiro atoms. The number of benzene rings is 1. The molecule has 118 valence electrons. The van der Waals surface area contributed by atoms with Crippen LogP contribution >= 0.6 is 0 Å². The fourth-order valence-corrected chi connectivity index (χ4v) is 2.32. The Hall–Kier alpha value is -2.96. The lowest BCUT2D eigenvalue weighted by molar-refractivity contribution is 0.560. The standard InChI is InChI=1S/C16H18N6O/c1-11(2)21-10-14(15(17)18-16(21)23)22-9-13(19-20-22)8-12-6-4-3-5-7-12/h3-7,9-11H,8H2,1-2H3,(H2,17,18,23). The molecule has 7 nitrogen and oxygen atoms in total. The van der Waals surface area contributed by atoms with Crippen LogP contribution in [0.5, 0.6) is 0 Å². The van der Waals surface area contributed by atoms with E-state index >= 15 is 0 Å². The van der Waals surface area contributed by atoms with Crippen LogP contribution < -0.4 is 11.4 Å². The van der Waals surface area contributed by atoms with Gasteiger partial charge in [-0.05, 0) is 19.4 Å². The van der Waals surface area contributed by atoms with E-state index in [9.17, 15) is 4.79 Å². The van der Waals surface area contributed by atoms with E-state index in [4.69, 9.17) is 5.73 Å². The van der Waals surface area contributed by atoms with Gasteiger partial charge in [-0.3, -0.25) is 4.57 Å². The van der Waals surface area contributed by atoms with Crippen LogP contribution in [-0.4, -0.2) is 24.5 Å². The van der Waals surface area contributed by atoms with Gasteiger partial charge < -0.3 is 5.73 Å². The van der Waals surface area contributed by atoms with Crippen LogP contribution in [0.15, 0.2) is 47.5 Å². The summed E-state index contributed by atoms with van der Waals surface area (Å²) in [5.41, 5.74) is 8.02. The Kier molecular flexibility index (Phi) is 3.92. The van der Waals surface area contributed by atoms with Gasteiger partial charge in [0, 0.05) is 18.7 Å². The quantitative estimate of drug-likeness (QED) is 0.790. The Balaban J connectivity index is 1.94. The highest BCUT2D eigenvalue weighted by Gasteiger charge is 2.12. The molecule has 0 atom stereocenters. The second-order valence-corrected chi connectivity index (χ2v) is 5.61. The number of rotatable bonds is 4. The molecule has 0 saturated heterocycles. The molecule has 2 N–H and O–H groups in total. The second-order valence-electron chi connectivity index (χ2n) is 5.61. The van der Waals surface area contributed by atoms with Crippen LogP contribution in [0.4, 0.5) is 5.82 Å². The zero-order valence-corrected chi connectivity index (χ0v) is 13.0. The zero-order valence-electron chi connectivity index (χ0n) is 13.0. The van der Waals surface area contributed by atoms with E-state index in [-0.39, 0.29) is 17.5 Å². The van der Waals surface area contributed by atoms with Crippen LogP contribution in [0.1, 0.15) is 31.1 Å². The Labute approximate surface area is 133 Å². The number of hydrogen-bond donors (Lipinski definition) is 1. The lowest BCUT2D eigenvalue weighted by Crippen LogP contribution is -2.26. The zero-order chi connectivity index (χ0) is 16.4. The summed E-state index contributed by atoms with van der Waals surface area (Å²) in [6.07, 6.45) is 4.14. The van der Waals surface area contributed by atoms with E-state index in [1.54, 1.807) is 17.1 Å². The molecule has 23 heavy (non-hydrogen) atoms. The molecule has 1 aromatic carbocycles. The third kappa shape index (κ3) is 3.13. The molecule has 3 aromatic rings. The summed E-state index contributed by atoms with van der Waals surface area (Å²) < 4.78 is 3.07. The van der Waals surface area contributed by atoms with Crippen molar-refractivity contribution in [3.8, 4) is 5.69 Å². The fraction of sp³-hybridized carbons (Fsp3) is 0.250. The molecule has 0 bridgehead atoms. The van der Waals surface area contributed by atoms with Gasteiger partial charge >= 0.3 is 5.69 Å². The Morgan fingerprint density at radius 2 is 1.91 bits per heavy atom. The molecule has 0 aliphatic carbocycles. The number of aromatic nitrogens is 5. The summed E-state index contributed by atoms with van der Waals surface area (Å²) in [7, 11) is 0. The van der Waals surface area contributed by atoms with E-state index in [0.29, 0.717) is 12.1 Å². The number of nitrogens with two attached hydrogens (primary N) is 1. The molecule has 0 saturated carbocycles. The van der Waals surface area contributed by atoms with Gasteiger partial charge in [-0.1, -0.05) is 35.5 Å². The lowest BCUT2D eigenvalue weighted by Gasteiger charge is -2.11. The summed E-state index contributed by atoms with van der Waals surface area (Å²) >= 11 is 0. The van der Waals surface area contributed by atoms with Gasteiger partial charge in [0.2, 0.25) is 0 Å². The monoisotopic (exact) mass is 310 g/mol. The van der Waals surface area contributed by atoms with Gasteiger partial charge in [-0.25, -0.2) is 9.48 Å². The normalized spacial score (nSPS) is 11.1. The van der Waals surface area contributed by atoms with Crippen molar-refractivity contribution >= 4 is 5.82 Å². The summed E-state index contributed by atoms with van der Waals surface area (Å²) in [5, 5.41) is 8.27. The second kappa shape index (κ2) is 6.04. The summed E-state index contributed by atoms with van der Waals surface area (Å²) in [6.45, 7) is 3.82. The minimum absolute atomic E-state index is 0.0124. The van der Waals surface area contributed by atoms with E-state index in [1.807, 2.05) is 44.2 Å². The molecule has 7 heteroatoms. The maximum absolute atomic E-state index is 11.8. The summed E-state index contributed by atoms with van der Waals surface area (Å²) in [6, 6.07) is 10.0. The van der Waals surface area contributed by atoms with Crippen molar-refractivity contribution in [1.82, 2.24) is 24.5 Å². The molecule has 0 amide bonds. The van der Waals surface area contributed by atoms with Gasteiger partial charge in [0.1, 0.15) is 5.69 Å². The molecular weight excluding hydrogens is 292 g/mol. The smallest absolute Gasteiger partial charge is 0.349 e.